The quantitative estimate of drug-likeness (QED) is 0.648. The first-order valence-electron chi connectivity index (χ1n) is 5.52. The second-order valence-electron chi connectivity index (χ2n) is 4.52. The lowest BCUT2D eigenvalue weighted by Crippen LogP contribution is -1.93. The summed E-state index contributed by atoms with van der Waals surface area (Å²) in [5.41, 5.74) is 0.500. The third-order valence-electron chi connectivity index (χ3n) is 0.979. The van der Waals surface area contributed by atoms with E-state index in [1.165, 1.54) is 0 Å². The van der Waals surface area contributed by atoms with Gasteiger partial charge in [-0.1, -0.05) is 59.7 Å². The first-order valence-corrected chi connectivity index (χ1v) is 5.52. The Labute approximate surface area is 95.5 Å². The monoisotopic (exact) mass is 210 g/mol. The standard InChI is InChI=1S/C7H8O.C5H12.C2H6/c1-8-7-5-3-2-4-6-7;1-5(2,3)4;1-2/h2-6H,1H3;1-4H3;1-2H3. The zero-order valence-corrected chi connectivity index (χ0v) is 11.3. The van der Waals surface area contributed by atoms with Gasteiger partial charge in [0.25, 0.3) is 0 Å². The Bertz CT molecular complexity index is 203. The molecule has 0 atom stereocenters. The van der Waals surface area contributed by atoms with Crippen molar-refractivity contribution < 1.29 is 4.74 Å². The van der Waals surface area contributed by atoms with E-state index in [1.54, 1.807) is 7.11 Å². The van der Waals surface area contributed by atoms with Crippen molar-refractivity contribution in [2.75, 3.05) is 7.11 Å². The second-order valence-corrected chi connectivity index (χ2v) is 4.52. The molecule has 0 aromatic heterocycles. The van der Waals surface area contributed by atoms with E-state index in [4.69, 9.17) is 4.74 Å². The lowest BCUT2D eigenvalue weighted by molar-refractivity contribution is 0.415. The highest BCUT2D eigenvalue weighted by molar-refractivity contribution is 5.20. The van der Waals surface area contributed by atoms with Gasteiger partial charge < -0.3 is 4.74 Å². The van der Waals surface area contributed by atoms with Crippen molar-refractivity contribution in [1.29, 1.82) is 0 Å². The van der Waals surface area contributed by atoms with E-state index >= 15 is 0 Å². The van der Waals surface area contributed by atoms with Gasteiger partial charge in [-0.2, -0.15) is 0 Å². The number of hydrogen-bond donors (Lipinski definition) is 0. The van der Waals surface area contributed by atoms with Gasteiger partial charge in [-0.15, -0.1) is 0 Å². The zero-order chi connectivity index (χ0) is 12.3. The Morgan fingerprint density at radius 1 is 0.867 bits per heavy atom. The van der Waals surface area contributed by atoms with Crippen molar-refractivity contribution in [2.24, 2.45) is 5.41 Å². The van der Waals surface area contributed by atoms with Gasteiger partial charge in [-0.05, 0) is 17.5 Å². The van der Waals surface area contributed by atoms with E-state index in [0.29, 0.717) is 5.41 Å². The first kappa shape index (κ1) is 16.4. The fourth-order valence-electron chi connectivity index (χ4n) is 0.557. The van der Waals surface area contributed by atoms with Gasteiger partial charge in [-0.3, -0.25) is 0 Å². The highest BCUT2D eigenvalue weighted by atomic mass is 16.5. The fraction of sp³-hybridized carbons (Fsp3) is 0.571. The maximum atomic E-state index is 4.91. The molecule has 0 aliphatic rings. The Hall–Kier alpha value is -0.980. The summed E-state index contributed by atoms with van der Waals surface area (Å²) in [6.07, 6.45) is 0. The predicted octanol–water partition coefficient (Wildman–Crippen LogP) is 4.77. The number of benzene rings is 1. The van der Waals surface area contributed by atoms with E-state index in [2.05, 4.69) is 27.7 Å². The van der Waals surface area contributed by atoms with Crippen LogP contribution in [0.15, 0.2) is 30.3 Å². The molecular formula is C14H26O. The number of rotatable bonds is 1. The Kier molecular flexibility index (Phi) is 10.5. The third-order valence-corrected chi connectivity index (χ3v) is 0.979. The zero-order valence-electron chi connectivity index (χ0n) is 11.3. The molecule has 88 valence electrons. The molecule has 0 radical (unpaired) electrons. The summed E-state index contributed by atoms with van der Waals surface area (Å²) in [5, 5.41) is 0. The van der Waals surface area contributed by atoms with Crippen molar-refractivity contribution in [2.45, 2.75) is 41.5 Å². The highest BCUT2D eigenvalue weighted by Gasteiger charge is 1.95. The molecule has 1 aromatic carbocycles. The van der Waals surface area contributed by atoms with Gasteiger partial charge in [0.05, 0.1) is 7.11 Å². The van der Waals surface area contributed by atoms with Crippen LogP contribution >= 0.6 is 0 Å². The van der Waals surface area contributed by atoms with Crippen molar-refractivity contribution in [3.8, 4) is 5.75 Å². The summed E-state index contributed by atoms with van der Waals surface area (Å²) in [4.78, 5) is 0. The van der Waals surface area contributed by atoms with E-state index in [-0.39, 0.29) is 0 Å². The molecule has 1 nitrogen and oxygen atoms in total. The Morgan fingerprint density at radius 3 is 1.40 bits per heavy atom. The average Bonchev–Trinajstić information content (AvgIpc) is 2.20. The van der Waals surface area contributed by atoms with E-state index in [9.17, 15) is 0 Å². The molecule has 0 amide bonds. The van der Waals surface area contributed by atoms with Gasteiger partial charge in [0.1, 0.15) is 5.75 Å². The maximum absolute atomic E-state index is 4.91. The molecule has 0 saturated carbocycles. The van der Waals surface area contributed by atoms with Crippen LogP contribution in [-0.2, 0) is 0 Å². The molecular weight excluding hydrogens is 184 g/mol. The number of hydrogen-bond acceptors (Lipinski definition) is 1. The first-order chi connectivity index (χ1) is 6.93. The molecule has 0 heterocycles. The second kappa shape index (κ2) is 9.57. The molecule has 1 rings (SSSR count). The van der Waals surface area contributed by atoms with Gasteiger partial charge in [0, 0.05) is 0 Å². The van der Waals surface area contributed by atoms with Gasteiger partial charge in [0.2, 0.25) is 0 Å². The molecule has 0 aliphatic carbocycles. The van der Waals surface area contributed by atoms with Crippen molar-refractivity contribution in [3.63, 3.8) is 0 Å². The summed E-state index contributed by atoms with van der Waals surface area (Å²) in [5.74, 6) is 0.910. The number of methoxy groups -OCH3 is 1. The molecule has 0 N–H and O–H groups in total. The van der Waals surface area contributed by atoms with Crippen LogP contribution in [0.4, 0.5) is 0 Å². The summed E-state index contributed by atoms with van der Waals surface area (Å²) in [6, 6.07) is 9.68. The van der Waals surface area contributed by atoms with E-state index in [1.807, 2.05) is 44.2 Å². The van der Waals surface area contributed by atoms with Gasteiger partial charge >= 0.3 is 0 Å². The van der Waals surface area contributed by atoms with Crippen LogP contribution in [0.1, 0.15) is 41.5 Å². The SMILES string of the molecule is CC.CC(C)(C)C.COc1ccccc1. The van der Waals surface area contributed by atoms with Crippen LogP contribution in [0.2, 0.25) is 0 Å². The summed E-state index contributed by atoms with van der Waals surface area (Å²) in [7, 11) is 1.66. The molecule has 0 aliphatic heterocycles. The van der Waals surface area contributed by atoms with Crippen LogP contribution in [0, 0.1) is 5.41 Å². The largest absolute Gasteiger partial charge is 0.497 e. The van der Waals surface area contributed by atoms with Crippen molar-refractivity contribution >= 4 is 0 Å². The fourth-order valence-corrected chi connectivity index (χ4v) is 0.557. The molecule has 0 unspecified atom stereocenters. The minimum Gasteiger partial charge on any atom is -0.497 e. The molecule has 15 heavy (non-hydrogen) atoms. The van der Waals surface area contributed by atoms with E-state index in [0.717, 1.165) is 5.75 Å². The lowest BCUT2D eigenvalue weighted by Gasteiger charge is -2.05. The third kappa shape index (κ3) is 19.4. The predicted molar refractivity (Wildman–Crippen MR) is 69.5 cm³/mol. The van der Waals surface area contributed by atoms with E-state index < -0.39 is 0 Å². The molecule has 0 spiro atoms. The van der Waals surface area contributed by atoms with Crippen LogP contribution in [0.25, 0.3) is 0 Å². The lowest BCUT2D eigenvalue weighted by atomic mass is 10.0. The normalized spacial score (nSPS) is 9.00. The number of para-hydroxylation sites is 1. The molecule has 0 saturated heterocycles. The highest BCUT2D eigenvalue weighted by Crippen LogP contribution is 2.08. The summed E-state index contributed by atoms with van der Waals surface area (Å²) < 4.78 is 4.91. The van der Waals surface area contributed by atoms with Crippen molar-refractivity contribution in [1.82, 2.24) is 0 Å². The summed E-state index contributed by atoms with van der Waals surface area (Å²) in [6.45, 7) is 12.8. The summed E-state index contributed by atoms with van der Waals surface area (Å²) >= 11 is 0. The average molecular weight is 210 g/mol. The molecule has 0 fully saturated rings. The molecule has 1 heteroatoms. The van der Waals surface area contributed by atoms with Gasteiger partial charge in [-0.25, -0.2) is 0 Å². The van der Waals surface area contributed by atoms with Crippen LogP contribution in [0.3, 0.4) is 0 Å². The van der Waals surface area contributed by atoms with Gasteiger partial charge in [0.15, 0.2) is 0 Å². The van der Waals surface area contributed by atoms with Crippen LogP contribution in [0.5, 0.6) is 5.75 Å². The number of ether oxygens (including phenoxy) is 1. The Morgan fingerprint density at radius 2 is 1.20 bits per heavy atom. The van der Waals surface area contributed by atoms with Crippen molar-refractivity contribution in [3.05, 3.63) is 30.3 Å². The minimum atomic E-state index is 0.500. The maximum Gasteiger partial charge on any atom is 0.118 e. The smallest absolute Gasteiger partial charge is 0.118 e. The molecule has 1 aromatic rings. The van der Waals surface area contributed by atoms with Crippen LogP contribution < -0.4 is 4.74 Å². The van der Waals surface area contributed by atoms with Crippen LogP contribution in [-0.4, -0.2) is 7.11 Å². The minimum absolute atomic E-state index is 0.500. The molecule has 0 bridgehead atoms. The topological polar surface area (TPSA) is 9.23 Å². The Balaban J connectivity index is 0.